The summed E-state index contributed by atoms with van der Waals surface area (Å²) in [6, 6.07) is 14.1. The zero-order chi connectivity index (χ0) is 16.2. The molecular formula is C19H21BrN2O. The van der Waals surface area contributed by atoms with Crippen LogP contribution in [0.5, 0.6) is 0 Å². The van der Waals surface area contributed by atoms with Crippen molar-refractivity contribution in [2.45, 2.75) is 19.3 Å². The first-order valence-electron chi connectivity index (χ1n) is 8.00. The summed E-state index contributed by atoms with van der Waals surface area (Å²) in [6.45, 7) is 1.79. The highest BCUT2D eigenvalue weighted by molar-refractivity contribution is 9.10. The molecule has 0 spiro atoms. The molecule has 23 heavy (non-hydrogen) atoms. The Bertz CT molecular complexity index is 697. The minimum Gasteiger partial charge on any atom is -0.374 e. The van der Waals surface area contributed by atoms with Crippen LogP contribution in [0.1, 0.15) is 27.9 Å². The summed E-state index contributed by atoms with van der Waals surface area (Å²) in [7, 11) is 2.15. The third-order valence-electron chi connectivity index (χ3n) is 4.30. The highest BCUT2D eigenvalue weighted by atomic mass is 79.9. The number of rotatable bonds is 4. The molecule has 0 fully saturated rings. The number of benzene rings is 2. The van der Waals surface area contributed by atoms with Crippen LogP contribution in [-0.4, -0.2) is 26.0 Å². The molecule has 2 aromatic carbocycles. The molecule has 1 aliphatic rings. The molecule has 0 bridgehead atoms. The molecule has 1 aliphatic heterocycles. The van der Waals surface area contributed by atoms with E-state index >= 15 is 0 Å². The van der Waals surface area contributed by atoms with Crippen LogP contribution < -0.4 is 10.2 Å². The molecule has 3 nitrogen and oxygen atoms in total. The van der Waals surface area contributed by atoms with Crippen LogP contribution in [0.4, 0.5) is 5.69 Å². The fraction of sp³-hybridized carbons (Fsp3) is 0.316. The summed E-state index contributed by atoms with van der Waals surface area (Å²) in [5.41, 5.74) is 4.75. The molecule has 0 unspecified atom stereocenters. The van der Waals surface area contributed by atoms with Gasteiger partial charge in [-0.2, -0.15) is 0 Å². The van der Waals surface area contributed by atoms with Crippen molar-refractivity contribution in [3.63, 3.8) is 0 Å². The summed E-state index contributed by atoms with van der Waals surface area (Å²) in [5, 5.41) is 2.99. The summed E-state index contributed by atoms with van der Waals surface area (Å²) < 4.78 is 0.980. The maximum Gasteiger partial charge on any atom is 0.251 e. The van der Waals surface area contributed by atoms with Gasteiger partial charge in [0.15, 0.2) is 0 Å². The van der Waals surface area contributed by atoms with Crippen molar-refractivity contribution >= 4 is 27.5 Å². The van der Waals surface area contributed by atoms with E-state index < -0.39 is 0 Å². The van der Waals surface area contributed by atoms with Crippen LogP contribution in [0.3, 0.4) is 0 Å². The predicted octanol–water partition coefficient (Wildman–Crippen LogP) is 3.80. The Kier molecular flexibility index (Phi) is 5.01. The van der Waals surface area contributed by atoms with Gasteiger partial charge in [0.25, 0.3) is 5.91 Å². The molecule has 1 N–H and O–H groups in total. The van der Waals surface area contributed by atoms with Crippen molar-refractivity contribution in [1.29, 1.82) is 0 Å². The van der Waals surface area contributed by atoms with Gasteiger partial charge in [-0.05, 0) is 60.7 Å². The van der Waals surface area contributed by atoms with E-state index in [1.807, 2.05) is 24.3 Å². The average molecular weight is 373 g/mol. The Hall–Kier alpha value is -1.81. The minimum atomic E-state index is -0.0183. The summed E-state index contributed by atoms with van der Waals surface area (Å²) >= 11 is 3.38. The van der Waals surface area contributed by atoms with Crippen LogP contribution in [0.2, 0.25) is 0 Å². The maximum absolute atomic E-state index is 12.1. The van der Waals surface area contributed by atoms with Crippen molar-refractivity contribution in [3.05, 3.63) is 63.6 Å². The molecule has 0 atom stereocenters. The second kappa shape index (κ2) is 7.18. The molecule has 0 radical (unpaired) electrons. The Morgan fingerprint density at radius 2 is 2.00 bits per heavy atom. The normalized spacial score (nSPS) is 13.6. The van der Waals surface area contributed by atoms with E-state index in [1.165, 1.54) is 23.2 Å². The smallest absolute Gasteiger partial charge is 0.251 e. The van der Waals surface area contributed by atoms with Gasteiger partial charge in [0.1, 0.15) is 0 Å². The number of hydrogen-bond acceptors (Lipinski definition) is 2. The topological polar surface area (TPSA) is 32.3 Å². The third-order valence-corrected chi connectivity index (χ3v) is 4.83. The monoisotopic (exact) mass is 372 g/mol. The molecule has 0 saturated carbocycles. The van der Waals surface area contributed by atoms with E-state index in [4.69, 9.17) is 0 Å². The standard InChI is InChI=1S/C19H21BrN2O/c1-22-12-2-3-16-13-14(4-9-18(16)22)10-11-21-19(23)15-5-7-17(20)8-6-15/h4-9,13H,2-3,10-12H2,1H3,(H,21,23). The first-order valence-corrected chi connectivity index (χ1v) is 8.79. The number of nitrogens with one attached hydrogen (secondary N) is 1. The van der Waals surface area contributed by atoms with E-state index in [0.29, 0.717) is 12.1 Å². The number of anilines is 1. The van der Waals surface area contributed by atoms with Crippen LogP contribution in [0, 0.1) is 0 Å². The van der Waals surface area contributed by atoms with Gasteiger partial charge in [-0.3, -0.25) is 4.79 Å². The van der Waals surface area contributed by atoms with Gasteiger partial charge in [-0.15, -0.1) is 0 Å². The van der Waals surface area contributed by atoms with Crippen molar-refractivity contribution < 1.29 is 4.79 Å². The Morgan fingerprint density at radius 3 is 2.78 bits per heavy atom. The van der Waals surface area contributed by atoms with Gasteiger partial charge in [0.05, 0.1) is 0 Å². The molecule has 1 amide bonds. The van der Waals surface area contributed by atoms with Gasteiger partial charge < -0.3 is 10.2 Å². The van der Waals surface area contributed by atoms with Gasteiger partial charge in [0, 0.05) is 35.9 Å². The van der Waals surface area contributed by atoms with Crippen molar-refractivity contribution in [2.75, 3.05) is 25.0 Å². The number of carbonyl (C=O) groups is 1. The number of amides is 1. The van der Waals surface area contributed by atoms with E-state index in [0.717, 1.165) is 23.9 Å². The predicted molar refractivity (Wildman–Crippen MR) is 98.2 cm³/mol. The van der Waals surface area contributed by atoms with E-state index in [1.54, 1.807) is 0 Å². The second-order valence-corrected chi connectivity index (χ2v) is 6.92. The van der Waals surface area contributed by atoms with Crippen molar-refractivity contribution in [3.8, 4) is 0 Å². The fourth-order valence-corrected chi connectivity index (χ4v) is 3.28. The lowest BCUT2D eigenvalue weighted by molar-refractivity contribution is 0.0954. The minimum absolute atomic E-state index is 0.0183. The van der Waals surface area contributed by atoms with Crippen LogP contribution in [-0.2, 0) is 12.8 Å². The third kappa shape index (κ3) is 3.94. The number of halogens is 1. The maximum atomic E-state index is 12.1. The van der Waals surface area contributed by atoms with Gasteiger partial charge in [0.2, 0.25) is 0 Å². The summed E-state index contributed by atoms with van der Waals surface area (Å²) in [5.74, 6) is -0.0183. The lowest BCUT2D eigenvalue weighted by Crippen LogP contribution is -2.26. The number of fused-ring (bicyclic) bond motifs is 1. The SMILES string of the molecule is CN1CCCc2cc(CCNC(=O)c3ccc(Br)cc3)ccc21. The largest absolute Gasteiger partial charge is 0.374 e. The van der Waals surface area contributed by atoms with Crippen molar-refractivity contribution in [1.82, 2.24) is 5.32 Å². The average Bonchev–Trinajstić information content (AvgIpc) is 2.55. The molecule has 0 aliphatic carbocycles. The zero-order valence-corrected chi connectivity index (χ0v) is 14.9. The quantitative estimate of drug-likeness (QED) is 0.884. The highest BCUT2D eigenvalue weighted by Crippen LogP contribution is 2.26. The Morgan fingerprint density at radius 1 is 1.22 bits per heavy atom. The number of carbonyl (C=O) groups excluding carboxylic acids is 1. The van der Waals surface area contributed by atoms with Crippen LogP contribution in [0.25, 0.3) is 0 Å². The molecule has 4 heteroatoms. The molecule has 3 rings (SSSR count). The van der Waals surface area contributed by atoms with E-state index in [2.05, 4.69) is 51.4 Å². The Labute approximate surface area is 145 Å². The first kappa shape index (κ1) is 16.1. The van der Waals surface area contributed by atoms with Crippen LogP contribution >= 0.6 is 15.9 Å². The number of nitrogens with zero attached hydrogens (tertiary/aromatic N) is 1. The van der Waals surface area contributed by atoms with Gasteiger partial charge in [-0.25, -0.2) is 0 Å². The first-order chi connectivity index (χ1) is 11.1. The lowest BCUT2D eigenvalue weighted by Gasteiger charge is -2.27. The van der Waals surface area contributed by atoms with Gasteiger partial charge in [-0.1, -0.05) is 28.1 Å². The molecule has 1 heterocycles. The summed E-state index contributed by atoms with van der Waals surface area (Å²) in [6.07, 6.45) is 3.23. The molecular weight excluding hydrogens is 352 g/mol. The lowest BCUT2D eigenvalue weighted by atomic mass is 9.98. The molecule has 2 aromatic rings. The Balaban J connectivity index is 1.56. The highest BCUT2D eigenvalue weighted by Gasteiger charge is 2.13. The molecule has 120 valence electrons. The van der Waals surface area contributed by atoms with Crippen molar-refractivity contribution in [2.24, 2.45) is 0 Å². The zero-order valence-electron chi connectivity index (χ0n) is 13.3. The van der Waals surface area contributed by atoms with E-state index in [9.17, 15) is 4.79 Å². The van der Waals surface area contributed by atoms with E-state index in [-0.39, 0.29) is 5.91 Å². The molecule has 0 saturated heterocycles. The van der Waals surface area contributed by atoms with Gasteiger partial charge >= 0.3 is 0 Å². The second-order valence-electron chi connectivity index (χ2n) is 6.00. The molecule has 0 aromatic heterocycles. The summed E-state index contributed by atoms with van der Waals surface area (Å²) in [4.78, 5) is 14.4. The fourth-order valence-electron chi connectivity index (χ4n) is 3.02. The van der Waals surface area contributed by atoms with Crippen LogP contribution in [0.15, 0.2) is 46.9 Å². The number of aryl methyl sites for hydroxylation is 1. The number of hydrogen-bond donors (Lipinski definition) is 1.